The molecule has 0 bridgehead atoms. The van der Waals surface area contributed by atoms with Crippen molar-refractivity contribution in [1.82, 2.24) is 4.98 Å². The van der Waals surface area contributed by atoms with E-state index in [1.807, 2.05) is 30.3 Å². The van der Waals surface area contributed by atoms with Gasteiger partial charge in [0.05, 0.1) is 0 Å². The molecule has 1 unspecified atom stereocenters. The molecule has 2 aromatic rings. The lowest BCUT2D eigenvalue weighted by Crippen LogP contribution is -2.20. The molecule has 0 saturated heterocycles. The Hall–Kier alpha value is -2.01. The van der Waals surface area contributed by atoms with E-state index in [9.17, 15) is 9.00 Å². The molecule has 1 heterocycles. The van der Waals surface area contributed by atoms with E-state index in [0.717, 1.165) is 5.56 Å². The topological polar surface area (TPSA) is 59.1 Å². The summed E-state index contributed by atoms with van der Waals surface area (Å²) < 4.78 is 11.9. The number of nitrogens with one attached hydrogen (secondary N) is 1. The van der Waals surface area contributed by atoms with Crippen LogP contribution < -0.4 is 5.32 Å². The average molecular weight is 274 g/mol. The molecule has 1 atom stereocenters. The Bertz CT molecular complexity index is 507. The van der Waals surface area contributed by atoms with Crippen molar-refractivity contribution in [3.8, 4) is 0 Å². The molecular formula is C14H14N2O2S. The fraction of sp³-hybridized carbons (Fsp3) is 0.143. The minimum absolute atomic E-state index is 0.00276. The van der Waals surface area contributed by atoms with Crippen LogP contribution in [0.2, 0.25) is 0 Å². The smallest absolute Gasteiger partial charge is 0.237 e. The maximum absolute atomic E-state index is 11.9. The third-order valence-electron chi connectivity index (χ3n) is 2.43. The molecule has 2 rings (SSSR count). The zero-order valence-corrected chi connectivity index (χ0v) is 11.1. The lowest BCUT2D eigenvalue weighted by atomic mass is 10.2. The summed E-state index contributed by atoms with van der Waals surface area (Å²) in [4.78, 5) is 15.5. The Morgan fingerprint density at radius 1 is 1.11 bits per heavy atom. The minimum atomic E-state index is -1.20. The van der Waals surface area contributed by atoms with Crippen LogP contribution in [0.5, 0.6) is 0 Å². The Kier molecular flexibility index (Phi) is 4.80. The molecule has 0 radical (unpaired) electrons. The molecule has 4 nitrogen and oxygen atoms in total. The molecule has 1 N–H and O–H groups in total. The number of nitrogens with zero attached hydrogens (tertiary/aromatic N) is 1. The van der Waals surface area contributed by atoms with Crippen LogP contribution in [0.1, 0.15) is 5.56 Å². The zero-order valence-electron chi connectivity index (χ0n) is 10.3. The molecule has 0 saturated carbocycles. The van der Waals surface area contributed by atoms with Crippen molar-refractivity contribution >= 4 is 22.4 Å². The molecule has 98 valence electrons. The maximum atomic E-state index is 11.9. The summed E-state index contributed by atoms with van der Waals surface area (Å²) in [6.07, 6.45) is 3.19. The molecule has 19 heavy (non-hydrogen) atoms. The van der Waals surface area contributed by atoms with Gasteiger partial charge < -0.3 is 5.32 Å². The number of hydrogen-bond acceptors (Lipinski definition) is 3. The summed E-state index contributed by atoms with van der Waals surface area (Å²) in [5.74, 6) is 0.141. The highest BCUT2D eigenvalue weighted by Crippen LogP contribution is 2.05. The van der Waals surface area contributed by atoms with Crippen molar-refractivity contribution in [2.45, 2.75) is 5.75 Å². The van der Waals surface area contributed by atoms with E-state index in [2.05, 4.69) is 10.3 Å². The summed E-state index contributed by atoms with van der Waals surface area (Å²) in [5.41, 5.74) is 1.63. The second kappa shape index (κ2) is 6.80. The average Bonchev–Trinajstić information content (AvgIpc) is 2.40. The zero-order chi connectivity index (χ0) is 13.5. The predicted molar refractivity (Wildman–Crippen MR) is 76.0 cm³/mol. The molecule has 0 aliphatic carbocycles. The van der Waals surface area contributed by atoms with Crippen molar-refractivity contribution in [2.75, 3.05) is 11.1 Å². The molecular weight excluding hydrogens is 260 g/mol. The third kappa shape index (κ3) is 4.63. The number of pyridine rings is 1. The highest BCUT2D eigenvalue weighted by molar-refractivity contribution is 7.84. The molecule has 0 aliphatic heterocycles. The van der Waals surface area contributed by atoms with Gasteiger partial charge in [0, 0.05) is 34.6 Å². The Labute approximate surface area is 114 Å². The minimum Gasteiger partial charge on any atom is -0.325 e. The van der Waals surface area contributed by atoms with E-state index in [1.165, 1.54) is 0 Å². The van der Waals surface area contributed by atoms with Crippen LogP contribution in [-0.4, -0.2) is 20.9 Å². The van der Waals surface area contributed by atoms with E-state index in [4.69, 9.17) is 0 Å². The summed E-state index contributed by atoms with van der Waals surface area (Å²) in [5, 5.41) is 2.69. The lowest BCUT2D eigenvalue weighted by molar-refractivity contribution is -0.113. The van der Waals surface area contributed by atoms with Gasteiger partial charge in [-0.15, -0.1) is 0 Å². The van der Waals surface area contributed by atoms with Crippen molar-refractivity contribution < 1.29 is 9.00 Å². The van der Waals surface area contributed by atoms with Crippen LogP contribution >= 0.6 is 0 Å². The van der Waals surface area contributed by atoms with Gasteiger partial charge >= 0.3 is 0 Å². The van der Waals surface area contributed by atoms with Crippen LogP contribution in [0.25, 0.3) is 0 Å². The van der Waals surface area contributed by atoms with Crippen LogP contribution in [0, 0.1) is 0 Å². The van der Waals surface area contributed by atoms with Crippen LogP contribution in [-0.2, 0) is 21.3 Å². The standard InChI is InChI=1S/C14H14N2O2S/c17-14(16-13-6-8-15-9-7-13)11-19(18)10-12-4-2-1-3-5-12/h1-9H,10-11H2,(H,15,16,17). The molecule has 1 amide bonds. The first kappa shape index (κ1) is 13.4. The first-order valence-electron chi connectivity index (χ1n) is 5.83. The number of carbonyl (C=O) groups is 1. The SMILES string of the molecule is O=C(CS(=O)Cc1ccccc1)Nc1ccncc1. The van der Waals surface area contributed by atoms with Crippen LogP contribution in [0.3, 0.4) is 0 Å². The first-order valence-corrected chi connectivity index (χ1v) is 7.31. The van der Waals surface area contributed by atoms with Crippen LogP contribution in [0.15, 0.2) is 54.9 Å². The number of anilines is 1. The van der Waals surface area contributed by atoms with Crippen LogP contribution in [0.4, 0.5) is 5.69 Å². The van der Waals surface area contributed by atoms with Crippen molar-refractivity contribution in [3.63, 3.8) is 0 Å². The molecule has 0 spiro atoms. The highest BCUT2D eigenvalue weighted by atomic mass is 32.2. The summed E-state index contributed by atoms with van der Waals surface area (Å²) in [6, 6.07) is 12.9. The maximum Gasteiger partial charge on any atom is 0.237 e. The molecule has 5 heteroatoms. The van der Waals surface area contributed by atoms with E-state index in [0.29, 0.717) is 11.4 Å². The number of carbonyl (C=O) groups excluding carboxylic acids is 1. The lowest BCUT2D eigenvalue weighted by Gasteiger charge is -2.05. The molecule has 1 aromatic carbocycles. The predicted octanol–water partition coefficient (Wildman–Crippen LogP) is 1.97. The van der Waals surface area contributed by atoms with E-state index in [-0.39, 0.29) is 11.7 Å². The largest absolute Gasteiger partial charge is 0.325 e. The Morgan fingerprint density at radius 2 is 1.79 bits per heavy atom. The van der Waals surface area contributed by atoms with Gasteiger partial charge in [0.15, 0.2) is 0 Å². The van der Waals surface area contributed by atoms with Gasteiger partial charge in [-0.3, -0.25) is 14.0 Å². The summed E-state index contributed by atoms with van der Waals surface area (Å²) >= 11 is 0. The number of benzene rings is 1. The molecule has 0 aliphatic rings. The van der Waals surface area contributed by atoms with Gasteiger partial charge in [0.2, 0.25) is 5.91 Å². The van der Waals surface area contributed by atoms with Gasteiger partial charge in [-0.05, 0) is 17.7 Å². The Balaban J connectivity index is 1.84. The normalized spacial score (nSPS) is 11.8. The summed E-state index contributed by atoms with van der Waals surface area (Å²) in [6.45, 7) is 0. The molecule has 1 aromatic heterocycles. The van der Waals surface area contributed by atoms with Gasteiger partial charge in [-0.1, -0.05) is 30.3 Å². The van der Waals surface area contributed by atoms with Crippen molar-refractivity contribution in [2.24, 2.45) is 0 Å². The van der Waals surface area contributed by atoms with Gasteiger partial charge in [0.1, 0.15) is 5.75 Å². The number of amides is 1. The van der Waals surface area contributed by atoms with Crippen molar-refractivity contribution in [3.05, 3.63) is 60.4 Å². The summed E-state index contributed by atoms with van der Waals surface area (Å²) in [7, 11) is -1.20. The van der Waals surface area contributed by atoms with E-state index in [1.54, 1.807) is 24.5 Å². The fourth-order valence-corrected chi connectivity index (χ4v) is 2.62. The van der Waals surface area contributed by atoms with E-state index < -0.39 is 10.8 Å². The highest BCUT2D eigenvalue weighted by Gasteiger charge is 2.08. The van der Waals surface area contributed by atoms with Gasteiger partial charge in [0.25, 0.3) is 0 Å². The van der Waals surface area contributed by atoms with Crippen molar-refractivity contribution in [1.29, 1.82) is 0 Å². The number of aromatic nitrogens is 1. The third-order valence-corrected chi connectivity index (χ3v) is 3.67. The quantitative estimate of drug-likeness (QED) is 0.907. The second-order valence-electron chi connectivity index (χ2n) is 4.00. The second-order valence-corrected chi connectivity index (χ2v) is 5.46. The fourth-order valence-electron chi connectivity index (χ4n) is 1.59. The number of rotatable bonds is 5. The monoisotopic (exact) mass is 274 g/mol. The van der Waals surface area contributed by atoms with Gasteiger partial charge in [-0.25, -0.2) is 0 Å². The molecule has 0 fully saturated rings. The Morgan fingerprint density at radius 3 is 2.47 bits per heavy atom. The first-order chi connectivity index (χ1) is 9.24. The van der Waals surface area contributed by atoms with Gasteiger partial charge in [-0.2, -0.15) is 0 Å². The van der Waals surface area contributed by atoms with E-state index >= 15 is 0 Å². The number of hydrogen-bond donors (Lipinski definition) is 1.